The van der Waals surface area contributed by atoms with Crippen molar-refractivity contribution in [3.63, 3.8) is 0 Å². The summed E-state index contributed by atoms with van der Waals surface area (Å²) in [5.41, 5.74) is 1.44. The van der Waals surface area contributed by atoms with E-state index in [1.807, 2.05) is 12.1 Å². The lowest BCUT2D eigenvalue weighted by Crippen LogP contribution is -2.36. The lowest BCUT2D eigenvalue weighted by atomic mass is 10.1. The molecule has 1 aliphatic rings. The van der Waals surface area contributed by atoms with E-state index in [0.717, 1.165) is 10.9 Å². The SMILES string of the molecule is CN(CCn1ncc2ccc3c(c21)N(C)C(=O)CO3)C(=O)O. The molecule has 8 heteroatoms. The normalized spacial score (nSPS) is 13.9. The maximum Gasteiger partial charge on any atom is 0.407 e. The highest BCUT2D eigenvalue weighted by Crippen LogP contribution is 2.38. The first kappa shape index (κ1) is 14.2. The molecule has 0 bridgehead atoms. The van der Waals surface area contributed by atoms with Crippen LogP contribution in [0.4, 0.5) is 10.5 Å². The number of ether oxygens (including phenoxy) is 1. The van der Waals surface area contributed by atoms with E-state index in [-0.39, 0.29) is 12.5 Å². The predicted octanol–water partition coefficient (Wildman–Crippen LogP) is 1.00. The van der Waals surface area contributed by atoms with E-state index in [9.17, 15) is 9.59 Å². The number of nitrogens with zero attached hydrogens (tertiary/aromatic N) is 4. The summed E-state index contributed by atoms with van der Waals surface area (Å²) in [5.74, 6) is 0.498. The van der Waals surface area contributed by atoms with E-state index in [4.69, 9.17) is 9.84 Å². The van der Waals surface area contributed by atoms with Crippen LogP contribution in [-0.4, -0.2) is 59.0 Å². The Balaban J connectivity index is 2.02. The van der Waals surface area contributed by atoms with E-state index in [1.54, 1.807) is 22.8 Å². The number of carbonyl (C=O) groups excluding carboxylic acids is 1. The molecule has 1 N–H and O–H groups in total. The molecule has 8 nitrogen and oxygen atoms in total. The molecule has 2 amide bonds. The predicted molar refractivity (Wildman–Crippen MR) is 79.3 cm³/mol. The molecule has 1 aromatic heterocycles. The van der Waals surface area contributed by atoms with Crippen LogP contribution < -0.4 is 9.64 Å². The summed E-state index contributed by atoms with van der Waals surface area (Å²) in [6.45, 7) is 0.712. The maximum atomic E-state index is 11.9. The summed E-state index contributed by atoms with van der Waals surface area (Å²) >= 11 is 0. The van der Waals surface area contributed by atoms with Gasteiger partial charge in [-0.1, -0.05) is 0 Å². The van der Waals surface area contributed by atoms with Crippen molar-refractivity contribution in [2.24, 2.45) is 0 Å². The minimum atomic E-state index is -0.992. The average Bonchev–Trinajstić information content (AvgIpc) is 2.91. The Labute approximate surface area is 126 Å². The fraction of sp³-hybridized carbons (Fsp3) is 0.357. The summed E-state index contributed by atoms with van der Waals surface area (Å²) in [6.07, 6.45) is 0.706. The number of carboxylic acid groups (broad SMARTS) is 1. The average molecular weight is 304 g/mol. The zero-order valence-electron chi connectivity index (χ0n) is 12.3. The van der Waals surface area contributed by atoms with Crippen molar-refractivity contribution in [3.8, 4) is 5.75 Å². The zero-order valence-corrected chi connectivity index (χ0v) is 12.3. The van der Waals surface area contributed by atoms with Gasteiger partial charge in [0.15, 0.2) is 6.61 Å². The number of benzene rings is 1. The third-order valence-electron chi connectivity index (χ3n) is 3.77. The van der Waals surface area contributed by atoms with E-state index >= 15 is 0 Å². The summed E-state index contributed by atoms with van der Waals surface area (Å²) < 4.78 is 7.17. The monoisotopic (exact) mass is 304 g/mol. The van der Waals surface area contributed by atoms with Crippen molar-refractivity contribution >= 4 is 28.6 Å². The summed E-state index contributed by atoms with van der Waals surface area (Å²) in [5, 5.41) is 14.1. The maximum absolute atomic E-state index is 11.9. The number of carbonyl (C=O) groups is 2. The number of rotatable bonds is 3. The highest BCUT2D eigenvalue weighted by Gasteiger charge is 2.26. The number of hydrogen-bond donors (Lipinski definition) is 1. The van der Waals surface area contributed by atoms with Gasteiger partial charge in [-0.25, -0.2) is 4.79 Å². The van der Waals surface area contributed by atoms with Gasteiger partial charge in [0.2, 0.25) is 0 Å². The summed E-state index contributed by atoms with van der Waals surface area (Å²) in [4.78, 5) is 25.5. The fourth-order valence-electron chi connectivity index (χ4n) is 2.45. The molecule has 22 heavy (non-hydrogen) atoms. The Morgan fingerprint density at radius 3 is 3.00 bits per heavy atom. The first-order chi connectivity index (χ1) is 10.5. The summed E-state index contributed by atoms with van der Waals surface area (Å²) in [6, 6.07) is 3.69. The Morgan fingerprint density at radius 2 is 2.27 bits per heavy atom. The van der Waals surface area contributed by atoms with Crippen LogP contribution in [-0.2, 0) is 11.3 Å². The summed E-state index contributed by atoms with van der Waals surface area (Å²) in [7, 11) is 3.20. The van der Waals surface area contributed by atoms with Crippen LogP contribution >= 0.6 is 0 Å². The van der Waals surface area contributed by atoms with Crippen LogP contribution in [0.1, 0.15) is 0 Å². The van der Waals surface area contributed by atoms with E-state index < -0.39 is 6.09 Å². The number of fused-ring (bicyclic) bond motifs is 3. The van der Waals surface area contributed by atoms with E-state index in [1.165, 1.54) is 11.9 Å². The van der Waals surface area contributed by atoms with Gasteiger partial charge < -0.3 is 19.6 Å². The van der Waals surface area contributed by atoms with Crippen LogP contribution in [0.15, 0.2) is 18.3 Å². The van der Waals surface area contributed by atoms with Crippen molar-refractivity contribution in [2.75, 3.05) is 32.1 Å². The minimum absolute atomic E-state index is 0.0187. The second-order valence-electron chi connectivity index (χ2n) is 5.16. The molecule has 0 atom stereocenters. The lowest BCUT2D eigenvalue weighted by Gasteiger charge is -2.27. The molecule has 0 saturated heterocycles. The molecule has 116 valence electrons. The fourth-order valence-corrected chi connectivity index (χ4v) is 2.45. The molecule has 3 rings (SSSR count). The van der Waals surface area contributed by atoms with Crippen LogP contribution in [0.3, 0.4) is 0 Å². The Bertz CT molecular complexity index is 755. The first-order valence-corrected chi connectivity index (χ1v) is 6.81. The van der Waals surface area contributed by atoms with E-state index in [2.05, 4.69) is 5.10 Å². The quantitative estimate of drug-likeness (QED) is 0.914. The van der Waals surface area contributed by atoms with Crippen molar-refractivity contribution < 1.29 is 19.4 Å². The van der Waals surface area contributed by atoms with Gasteiger partial charge in [0.1, 0.15) is 11.4 Å². The minimum Gasteiger partial charge on any atom is -0.481 e. The highest BCUT2D eigenvalue weighted by molar-refractivity contribution is 6.06. The second-order valence-corrected chi connectivity index (χ2v) is 5.16. The van der Waals surface area contributed by atoms with Gasteiger partial charge in [-0.2, -0.15) is 5.10 Å². The largest absolute Gasteiger partial charge is 0.481 e. The topological polar surface area (TPSA) is 87.9 Å². The molecule has 0 radical (unpaired) electrons. The molecule has 0 saturated carbocycles. The van der Waals surface area contributed by atoms with Gasteiger partial charge in [0.05, 0.1) is 18.3 Å². The molecule has 0 spiro atoms. The molecule has 1 aromatic carbocycles. The third kappa shape index (κ3) is 2.22. The lowest BCUT2D eigenvalue weighted by molar-refractivity contribution is -0.120. The van der Waals surface area contributed by atoms with Gasteiger partial charge >= 0.3 is 6.09 Å². The van der Waals surface area contributed by atoms with Crippen molar-refractivity contribution in [3.05, 3.63) is 18.3 Å². The van der Waals surface area contributed by atoms with Gasteiger partial charge in [0, 0.05) is 26.0 Å². The molecular weight excluding hydrogens is 288 g/mol. The van der Waals surface area contributed by atoms with Crippen LogP contribution in [0.2, 0.25) is 0 Å². The smallest absolute Gasteiger partial charge is 0.407 e. The van der Waals surface area contributed by atoms with E-state index in [0.29, 0.717) is 24.5 Å². The Kier molecular flexibility index (Phi) is 3.36. The molecule has 1 aliphatic heterocycles. The van der Waals surface area contributed by atoms with Crippen molar-refractivity contribution in [1.82, 2.24) is 14.7 Å². The molecular formula is C14H16N4O4. The van der Waals surface area contributed by atoms with Crippen molar-refractivity contribution in [1.29, 1.82) is 0 Å². The third-order valence-corrected chi connectivity index (χ3v) is 3.77. The van der Waals surface area contributed by atoms with Crippen LogP contribution in [0, 0.1) is 0 Å². The highest BCUT2D eigenvalue weighted by atomic mass is 16.5. The van der Waals surface area contributed by atoms with Crippen LogP contribution in [0.25, 0.3) is 10.9 Å². The number of hydrogen-bond acceptors (Lipinski definition) is 4. The molecule has 0 fully saturated rings. The van der Waals surface area contributed by atoms with Crippen LogP contribution in [0.5, 0.6) is 5.75 Å². The van der Waals surface area contributed by atoms with Gasteiger partial charge in [0.25, 0.3) is 5.91 Å². The molecule has 2 heterocycles. The van der Waals surface area contributed by atoms with Crippen molar-refractivity contribution in [2.45, 2.75) is 6.54 Å². The van der Waals surface area contributed by atoms with Gasteiger partial charge in [-0.3, -0.25) is 9.48 Å². The zero-order chi connectivity index (χ0) is 15.9. The standard InChI is InChI=1S/C14H16N4O4/c1-16(14(20)21)5-6-18-12-9(7-15-18)3-4-10-13(12)17(2)11(19)8-22-10/h3-4,7H,5-6,8H2,1-2H3,(H,20,21). The number of aromatic nitrogens is 2. The first-order valence-electron chi connectivity index (χ1n) is 6.81. The van der Waals surface area contributed by atoms with Gasteiger partial charge in [-0.15, -0.1) is 0 Å². The number of likely N-dealkylation sites (N-methyl/N-ethyl adjacent to an activating group) is 2. The Morgan fingerprint density at radius 1 is 1.50 bits per heavy atom. The second kappa shape index (κ2) is 5.21. The number of anilines is 1. The number of amides is 2. The Hall–Kier alpha value is -2.77. The molecule has 0 aliphatic carbocycles. The molecule has 2 aromatic rings. The van der Waals surface area contributed by atoms with Gasteiger partial charge in [-0.05, 0) is 12.1 Å². The molecule has 0 unspecified atom stereocenters.